The molecule has 3 aromatic heterocycles. The number of imidazole rings is 1. The first-order valence-electron chi connectivity index (χ1n) is 7.11. The van der Waals surface area contributed by atoms with Gasteiger partial charge in [-0.1, -0.05) is 0 Å². The average molecular weight is 283 g/mol. The topological polar surface area (TPSA) is 63.3 Å². The van der Waals surface area contributed by atoms with Crippen molar-refractivity contribution in [2.24, 2.45) is 7.05 Å². The summed E-state index contributed by atoms with van der Waals surface area (Å²) >= 11 is 0. The number of hydrogen-bond donors (Lipinski definition) is 1. The van der Waals surface area contributed by atoms with Crippen molar-refractivity contribution in [1.29, 1.82) is 0 Å². The Morgan fingerprint density at radius 3 is 2.81 bits per heavy atom. The molecule has 0 atom stereocenters. The van der Waals surface area contributed by atoms with Gasteiger partial charge in [-0.15, -0.1) is 0 Å². The predicted molar refractivity (Wildman–Crippen MR) is 80.3 cm³/mol. The maximum atomic E-state index is 4.76. The van der Waals surface area contributed by atoms with Crippen LogP contribution in [0.5, 0.6) is 0 Å². The number of aryl methyl sites for hydroxylation is 1. The molecule has 1 aliphatic heterocycles. The molecule has 0 aliphatic carbocycles. The average Bonchev–Trinajstić information content (AvgIpc) is 3.11. The van der Waals surface area contributed by atoms with Crippen molar-refractivity contribution in [2.75, 3.05) is 31.1 Å². The molecule has 0 radical (unpaired) electrons. The van der Waals surface area contributed by atoms with E-state index in [-0.39, 0.29) is 0 Å². The van der Waals surface area contributed by atoms with Crippen LogP contribution in [0, 0.1) is 0 Å². The van der Waals surface area contributed by atoms with Crippen molar-refractivity contribution in [3.63, 3.8) is 0 Å². The molecule has 0 saturated carbocycles. The molecule has 21 heavy (non-hydrogen) atoms. The number of nitrogens with one attached hydrogen (secondary N) is 1. The van der Waals surface area contributed by atoms with Crippen molar-refractivity contribution in [3.8, 4) is 11.3 Å². The van der Waals surface area contributed by atoms with Crippen molar-refractivity contribution in [2.45, 2.75) is 0 Å². The zero-order valence-corrected chi connectivity index (χ0v) is 11.9. The molecule has 108 valence electrons. The lowest BCUT2D eigenvalue weighted by molar-refractivity contribution is 0.581. The van der Waals surface area contributed by atoms with Gasteiger partial charge in [-0.25, -0.2) is 4.98 Å². The summed E-state index contributed by atoms with van der Waals surface area (Å²) in [7, 11) is 1.92. The molecule has 1 saturated heterocycles. The standard InChI is InChI=1S/C14H17N7/c1-19-10-11(9-17-19)13-14(20-7-5-15-6-8-20)21-12(18-13)3-2-4-16-21/h2-4,9-10,15H,5-8H2,1H3. The third-order valence-electron chi connectivity index (χ3n) is 3.76. The second-order valence-electron chi connectivity index (χ2n) is 5.22. The number of nitrogens with zero attached hydrogens (tertiary/aromatic N) is 6. The Hall–Kier alpha value is -2.41. The van der Waals surface area contributed by atoms with Gasteiger partial charge in [-0.3, -0.25) is 4.68 Å². The highest BCUT2D eigenvalue weighted by atomic mass is 15.4. The quantitative estimate of drug-likeness (QED) is 0.744. The Balaban J connectivity index is 1.92. The molecule has 0 unspecified atom stereocenters. The van der Waals surface area contributed by atoms with E-state index in [9.17, 15) is 0 Å². The Kier molecular flexibility index (Phi) is 2.85. The summed E-state index contributed by atoms with van der Waals surface area (Å²) in [5.74, 6) is 1.06. The van der Waals surface area contributed by atoms with Crippen LogP contribution >= 0.6 is 0 Å². The first-order valence-corrected chi connectivity index (χ1v) is 7.11. The first-order chi connectivity index (χ1) is 10.3. The molecule has 7 nitrogen and oxygen atoms in total. The van der Waals surface area contributed by atoms with E-state index in [1.165, 1.54) is 0 Å². The normalized spacial score (nSPS) is 15.8. The summed E-state index contributed by atoms with van der Waals surface area (Å²) in [5, 5.41) is 12.1. The van der Waals surface area contributed by atoms with E-state index in [2.05, 4.69) is 20.4 Å². The van der Waals surface area contributed by atoms with Crippen LogP contribution in [0.2, 0.25) is 0 Å². The Morgan fingerprint density at radius 2 is 2.05 bits per heavy atom. The maximum absolute atomic E-state index is 4.76. The minimum atomic E-state index is 0.866. The van der Waals surface area contributed by atoms with Crippen LogP contribution in [-0.2, 0) is 7.05 Å². The van der Waals surface area contributed by atoms with Gasteiger partial charge in [0, 0.05) is 51.2 Å². The van der Waals surface area contributed by atoms with Crippen LogP contribution in [-0.4, -0.2) is 50.6 Å². The smallest absolute Gasteiger partial charge is 0.159 e. The van der Waals surface area contributed by atoms with Crippen molar-refractivity contribution in [1.82, 2.24) is 29.7 Å². The zero-order valence-electron chi connectivity index (χ0n) is 11.9. The van der Waals surface area contributed by atoms with Gasteiger partial charge in [0.15, 0.2) is 11.5 Å². The molecule has 4 rings (SSSR count). The molecule has 3 aromatic rings. The van der Waals surface area contributed by atoms with Crippen LogP contribution in [0.1, 0.15) is 0 Å². The van der Waals surface area contributed by atoms with Gasteiger partial charge in [0.1, 0.15) is 5.69 Å². The Labute approximate surface area is 122 Å². The van der Waals surface area contributed by atoms with Gasteiger partial charge in [-0.2, -0.15) is 14.7 Å². The largest absolute Gasteiger partial charge is 0.352 e. The lowest BCUT2D eigenvalue weighted by Crippen LogP contribution is -2.44. The van der Waals surface area contributed by atoms with Gasteiger partial charge in [0.2, 0.25) is 0 Å². The lowest BCUT2D eigenvalue weighted by atomic mass is 10.2. The summed E-state index contributed by atoms with van der Waals surface area (Å²) in [5.41, 5.74) is 2.84. The van der Waals surface area contributed by atoms with E-state index in [1.807, 2.05) is 36.1 Å². The summed E-state index contributed by atoms with van der Waals surface area (Å²) in [4.78, 5) is 7.10. The maximum Gasteiger partial charge on any atom is 0.159 e. The summed E-state index contributed by atoms with van der Waals surface area (Å²) < 4.78 is 3.72. The van der Waals surface area contributed by atoms with Crippen LogP contribution in [0.3, 0.4) is 0 Å². The highest BCUT2D eigenvalue weighted by Crippen LogP contribution is 2.30. The molecular formula is C14H17N7. The Bertz CT molecular complexity index is 767. The fourth-order valence-electron chi connectivity index (χ4n) is 2.77. The molecule has 1 N–H and O–H groups in total. The fraction of sp³-hybridized carbons (Fsp3) is 0.357. The third kappa shape index (κ3) is 2.06. The van der Waals surface area contributed by atoms with Crippen molar-refractivity contribution < 1.29 is 0 Å². The minimum absolute atomic E-state index is 0.866. The predicted octanol–water partition coefficient (Wildman–Crippen LogP) is 0.539. The summed E-state index contributed by atoms with van der Waals surface area (Å²) in [6.45, 7) is 3.87. The van der Waals surface area contributed by atoms with Crippen LogP contribution in [0.25, 0.3) is 16.9 Å². The van der Waals surface area contributed by atoms with Crippen LogP contribution in [0.4, 0.5) is 5.82 Å². The van der Waals surface area contributed by atoms with E-state index >= 15 is 0 Å². The lowest BCUT2D eigenvalue weighted by Gasteiger charge is -2.29. The van der Waals surface area contributed by atoms with Gasteiger partial charge in [0.25, 0.3) is 0 Å². The molecule has 1 aliphatic rings. The summed E-state index contributed by atoms with van der Waals surface area (Å²) in [6, 6.07) is 3.90. The van der Waals surface area contributed by atoms with Gasteiger partial charge < -0.3 is 10.2 Å². The molecule has 0 spiro atoms. The number of rotatable bonds is 2. The van der Waals surface area contributed by atoms with Gasteiger partial charge in [-0.05, 0) is 12.1 Å². The SMILES string of the molecule is Cn1cc(-c2nc3cccnn3c2N2CCNCC2)cn1. The monoisotopic (exact) mass is 283 g/mol. The molecule has 1 fully saturated rings. The van der Waals surface area contributed by atoms with E-state index in [1.54, 1.807) is 10.9 Å². The fourth-order valence-corrected chi connectivity index (χ4v) is 2.77. The van der Waals surface area contributed by atoms with E-state index < -0.39 is 0 Å². The second kappa shape index (κ2) is 4.85. The zero-order chi connectivity index (χ0) is 14.2. The third-order valence-corrected chi connectivity index (χ3v) is 3.76. The van der Waals surface area contributed by atoms with Crippen molar-refractivity contribution in [3.05, 3.63) is 30.7 Å². The molecular weight excluding hydrogens is 266 g/mol. The van der Waals surface area contributed by atoms with Crippen LogP contribution in [0.15, 0.2) is 30.7 Å². The second-order valence-corrected chi connectivity index (χ2v) is 5.22. The van der Waals surface area contributed by atoms with Gasteiger partial charge >= 0.3 is 0 Å². The molecule has 0 aromatic carbocycles. The number of hydrogen-bond acceptors (Lipinski definition) is 5. The number of aromatic nitrogens is 5. The van der Waals surface area contributed by atoms with E-state index in [4.69, 9.17) is 4.98 Å². The summed E-state index contributed by atoms with van der Waals surface area (Å²) in [6.07, 6.45) is 5.65. The molecule has 7 heteroatoms. The molecule has 0 amide bonds. The minimum Gasteiger partial charge on any atom is -0.352 e. The van der Waals surface area contributed by atoms with E-state index in [0.717, 1.165) is 48.9 Å². The van der Waals surface area contributed by atoms with Gasteiger partial charge in [0.05, 0.1) is 6.20 Å². The molecule has 0 bridgehead atoms. The highest BCUT2D eigenvalue weighted by Gasteiger charge is 2.22. The number of piperazine rings is 1. The number of anilines is 1. The van der Waals surface area contributed by atoms with Crippen molar-refractivity contribution >= 4 is 11.5 Å². The van der Waals surface area contributed by atoms with E-state index in [0.29, 0.717) is 0 Å². The molecule has 4 heterocycles. The van der Waals surface area contributed by atoms with Crippen LogP contribution < -0.4 is 10.2 Å². The Morgan fingerprint density at radius 1 is 1.19 bits per heavy atom. The highest BCUT2D eigenvalue weighted by molar-refractivity contribution is 5.76. The number of fused-ring (bicyclic) bond motifs is 1. The first kappa shape index (κ1) is 12.3.